The van der Waals surface area contributed by atoms with Gasteiger partial charge in [0, 0.05) is 6.04 Å². The van der Waals surface area contributed by atoms with Crippen LogP contribution in [-0.4, -0.2) is 50.0 Å². The Kier molecular flexibility index (Phi) is 4.40. The van der Waals surface area contributed by atoms with Crippen LogP contribution in [0.3, 0.4) is 0 Å². The molecule has 1 amide bonds. The molecule has 0 spiro atoms. The van der Waals surface area contributed by atoms with Crippen molar-refractivity contribution in [3.05, 3.63) is 0 Å². The van der Waals surface area contributed by atoms with Crippen LogP contribution in [-0.2, 0) is 4.74 Å². The minimum absolute atomic E-state index is 0.0862. The maximum absolute atomic E-state index is 11.7. The molecule has 0 aromatic carbocycles. The summed E-state index contributed by atoms with van der Waals surface area (Å²) in [5.41, 5.74) is 0. The number of amides is 1. The van der Waals surface area contributed by atoms with Gasteiger partial charge < -0.3 is 15.0 Å². The normalized spacial score (nSPS) is 19.5. The van der Waals surface area contributed by atoms with Crippen molar-refractivity contribution in [2.24, 2.45) is 0 Å². The first-order chi connectivity index (χ1) is 7.37. The number of nitrogens with one attached hydrogen (secondary N) is 1. The number of ether oxygens (including phenoxy) is 1. The zero-order valence-electron chi connectivity index (χ0n) is 9.01. The molecule has 0 saturated carbocycles. The highest BCUT2D eigenvalue weighted by Gasteiger charge is 2.30. The van der Waals surface area contributed by atoms with E-state index in [1.807, 2.05) is 7.05 Å². The lowest BCUT2D eigenvalue weighted by Gasteiger charge is -2.29. The average molecular weight is 240 g/mol. The minimum atomic E-state index is -4.47. The Hall–Kier alpha value is -0.980. The van der Waals surface area contributed by atoms with Crippen molar-refractivity contribution in [3.63, 3.8) is 0 Å². The third-order valence-corrected chi connectivity index (χ3v) is 2.41. The van der Waals surface area contributed by atoms with Crippen molar-refractivity contribution in [1.82, 2.24) is 10.2 Å². The third-order valence-electron chi connectivity index (χ3n) is 2.41. The number of halogens is 3. The molecule has 1 N–H and O–H groups in total. The predicted molar refractivity (Wildman–Crippen MR) is 51.1 cm³/mol. The number of alkyl halides is 3. The van der Waals surface area contributed by atoms with E-state index in [0.717, 1.165) is 25.9 Å². The Bertz CT molecular complexity index is 237. The molecule has 1 fully saturated rings. The molecule has 7 heteroatoms. The molecule has 1 saturated heterocycles. The number of nitrogens with zero attached hydrogens (tertiary/aromatic N) is 1. The number of alkyl carbamates (subject to hydrolysis) is 1. The van der Waals surface area contributed by atoms with Gasteiger partial charge in [-0.2, -0.15) is 13.2 Å². The van der Waals surface area contributed by atoms with Crippen LogP contribution in [0.2, 0.25) is 0 Å². The molecule has 1 heterocycles. The van der Waals surface area contributed by atoms with E-state index in [9.17, 15) is 18.0 Å². The number of carbonyl (C=O) groups excluding carboxylic acids is 1. The van der Waals surface area contributed by atoms with Gasteiger partial charge in [0.05, 0.1) is 0 Å². The fraction of sp³-hybridized carbons (Fsp3) is 0.889. The number of carbonyl (C=O) groups is 1. The van der Waals surface area contributed by atoms with Crippen LogP contribution >= 0.6 is 0 Å². The molecule has 1 aliphatic rings. The van der Waals surface area contributed by atoms with Crippen molar-refractivity contribution in [1.29, 1.82) is 0 Å². The zero-order chi connectivity index (χ0) is 12.2. The van der Waals surface area contributed by atoms with Gasteiger partial charge in [0.1, 0.15) is 0 Å². The second-order valence-electron chi connectivity index (χ2n) is 3.91. The highest BCUT2D eigenvalue weighted by molar-refractivity contribution is 5.67. The van der Waals surface area contributed by atoms with Crippen molar-refractivity contribution in [2.45, 2.75) is 25.1 Å². The van der Waals surface area contributed by atoms with Crippen molar-refractivity contribution in [2.75, 3.05) is 26.7 Å². The van der Waals surface area contributed by atoms with Gasteiger partial charge in [-0.1, -0.05) is 0 Å². The van der Waals surface area contributed by atoms with Crippen molar-refractivity contribution in [3.8, 4) is 0 Å². The van der Waals surface area contributed by atoms with E-state index < -0.39 is 18.9 Å². The SMILES string of the molecule is CN1CCC(NC(=O)OCC(F)(F)F)CC1. The summed E-state index contributed by atoms with van der Waals surface area (Å²) in [5, 5.41) is 2.42. The quantitative estimate of drug-likeness (QED) is 0.792. The highest BCUT2D eigenvalue weighted by Crippen LogP contribution is 2.14. The van der Waals surface area contributed by atoms with Crippen LogP contribution in [0.1, 0.15) is 12.8 Å². The molecule has 0 aromatic rings. The van der Waals surface area contributed by atoms with Crippen LogP contribution in [0, 0.1) is 0 Å². The minimum Gasteiger partial charge on any atom is -0.440 e. The van der Waals surface area contributed by atoms with E-state index in [1.54, 1.807) is 0 Å². The fourth-order valence-corrected chi connectivity index (χ4v) is 1.51. The summed E-state index contributed by atoms with van der Waals surface area (Å²) in [6.07, 6.45) is -3.99. The Morgan fingerprint density at radius 2 is 2.00 bits per heavy atom. The second-order valence-corrected chi connectivity index (χ2v) is 3.91. The molecular formula is C9H15F3N2O2. The molecule has 1 aliphatic heterocycles. The molecule has 94 valence electrons. The summed E-state index contributed by atoms with van der Waals surface area (Å²) >= 11 is 0. The average Bonchev–Trinajstić information content (AvgIpc) is 2.18. The summed E-state index contributed by atoms with van der Waals surface area (Å²) in [4.78, 5) is 13.1. The van der Waals surface area contributed by atoms with Crippen molar-refractivity contribution >= 4 is 6.09 Å². The molecular weight excluding hydrogens is 225 g/mol. The van der Waals surface area contributed by atoms with E-state index in [4.69, 9.17) is 0 Å². The number of hydrogen-bond acceptors (Lipinski definition) is 3. The van der Waals surface area contributed by atoms with Gasteiger partial charge in [-0.3, -0.25) is 0 Å². The van der Waals surface area contributed by atoms with Gasteiger partial charge in [0.2, 0.25) is 0 Å². The summed E-state index contributed by atoms with van der Waals surface area (Å²) in [6.45, 7) is 0.111. The Labute approximate surface area is 91.7 Å². The molecule has 0 aliphatic carbocycles. The Balaban J connectivity index is 2.19. The molecule has 0 aromatic heterocycles. The summed E-state index contributed by atoms with van der Waals surface area (Å²) in [7, 11) is 1.96. The molecule has 0 atom stereocenters. The maximum atomic E-state index is 11.7. The number of rotatable bonds is 2. The van der Waals surface area contributed by atoms with Crippen LogP contribution in [0.25, 0.3) is 0 Å². The predicted octanol–water partition coefficient (Wildman–Crippen LogP) is 1.37. The van der Waals surface area contributed by atoms with Gasteiger partial charge in [0.15, 0.2) is 6.61 Å². The van der Waals surface area contributed by atoms with Crippen LogP contribution in [0.4, 0.5) is 18.0 Å². The summed E-state index contributed by atoms with van der Waals surface area (Å²) < 4.78 is 39.2. The van der Waals surface area contributed by atoms with E-state index in [0.29, 0.717) is 0 Å². The van der Waals surface area contributed by atoms with Crippen LogP contribution < -0.4 is 5.32 Å². The topological polar surface area (TPSA) is 41.6 Å². The molecule has 1 rings (SSSR count). The Morgan fingerprint density at radius 1 is 1.44 bits per heavy atom. The lowest BCUT2D eigenvalue weighted by molar-refractivity contribution is -0.160. The highest BCUT2D eigenvalue weighted by atomic mass is 19.4. The van der Waals surface area contributed by atoms with Gasteiger partial charge in [0.25, 0.3) is 0 Å². The fourth-order valence-electron chi connectivity index (χ4n) is 1.51. The first-order valence-electron chi connectivity index (χ1n) is 5.05. The first-order valence-corrected chi connectivity index (χ1v) is 5.05. The van der Waals surface area contributed by atoms with Gasteiger partial charge >= 0.3 is 12.3 Å². The van der Waals surface area contributed by atoms with Crippen LogP contribution in [0.15, 0.2) is 0 Å². The van der Waals surface area contributed by atoms with E-state index in [2.05, 4.69) is 15.0 Å². The van der Waals surface area contributed by atoms with E-state index >= 15 is 0 Å². The second kappa shape index (κ2) is 5.38. The number of piperidine rings is 1. The smallest absolute Gasteiger partial charge is 0.422 e. The standard InChI is InChI=1S/C9H15F3N2O2/c1-14-4-2-7(3-5-14)13-8(15)16-6-9(10,11)12/h7H,2-6H2,1H3,(H,13,15). The van der Waals surface area contributed by atoms with E-state index in [1.165, 1.54) is 0 Å². The van der Waals surface area contributed by atoms with E-state index in [-0.39, 0.29) is 6.04 Å². The zero-order valence-corrected chi connectivity index (χ0v) is 9.01. The van der Waals surface area contributed by atoms with Gasteiger partial charge in [-0.25, -0.2) is 4.79 Å². The Morgan fingerprint density at radius 3 is 2.50 bits per heavy atom. The van der Waals surface area contributed by atoms with Crippen LogP contribution in [0.5, 0.6) is 0 Å². The lowest BCUT2D eigenvalue weighted by atomic mass is 10.1. The summed E-state index contributed by atoms with van der Waals surface area (Å²) in [6, 6.07) is -0.0862. The molecule has 0 bridgehead atoms. The lowest BCUT2D eigenvalue weighted by Crippen LogP contribution is -2.44. The van der Waals surface area contributed by atoms with Crippen molar-refractivity contribution < 1.29 is 22.7 Å². The monoisotopic (exact) mass is 240 g/mol. The molecule has 4 nitrogen and oxygen atoms in total. The third kappa shape index (κ3) is 5.20. The summed E-state index contributed by atoms with van der Waals surface area (Å²) in [5.74, 6) is 0. The van der Waals surface area contributed by atoms with Gasteiger partial charge in [-0.15, -0.1) is 0 Å². The largest absolute Gasteiger partial charge is 0.440 e. The maximum Gasteiger partial charge on any atom is 0.422 e. The molecule has 0 unspecified atom stereocenters. The molecule has 0 radical (unpaired) electrons. The van der Waals surface area contributed by atoms with Gasteiger partial charge in [-0.05, 0) is 33.0 Å². The first kappa shape index (κ1) is 13.1. The number of hydrogen-bond donors (Lipinski definition) is 1. The number of likely N-dealkylation sites (tertiary alicyclic amines) is 1. The molecule has 16 heavy (non-hydrogen) atoms.